The second-order valence-corrected chi connectivity index (χ2v) is 1.15. The van der Waals surface area contributed by atoms with Gasteiger partial charge >= 0.3 is 74.8 Å². The molecule has 1 heterocycles. The summed E-state index contributed by atoms with van der Waals surface area (Å²) in [5.74, 6) is 4.00. The summed E-state index contributed by atoms with van der Waals surface area (Å²) in [6, 6.07) is 6.00. The molecule has 2 heteroatoms. The third-order valence-electron chi connectivity index (χ3n) is 0.667. The maximum atomic E-state index is 2.00. The summed E-state index contributed by atoms with van der Waals surface area (Å²) in [5.41, 5.74) is 0. The van der Waals surface area contributed by atoms with E-state index < -0.39 is 0 Å². The van der Waals surface area contributed by atoms with Gasteiger partial charge in [-0.15, -0.1) is 0 Å². The molecule has 7 heavy (non-hydrogen) atoms. The molecule has 0 fully saturated rings. The third kappa shape index (κ3) is 3.27. The van der Waals surface area contributed by atoms with E-state index in [0.29, 0.717) is 0 Å². The van der Waals surface area contributed by atoms with E-state index in [1.54, 1.807) is 0 Å². The molecule has 1 aromatic rings. The van der Waals surface area contributed by atoms with Crippen LogP contribution in [0.2, 0.25) is 0 Å². The molecule has 1 aromatic heterocycles. The van der Waals surface area contributed by atoms with Gasteiger partial charge in [-0.3, -0.25) is 0 Å². The van der Waals surface area contributed by atoms with Crippen molar-refractivity contribution in [1.29, 1.82) is 0 Å². The van der Waals surface area contributed by atoms with E-state index in [0.717, 1.165) is 0 Å². The van der Waals surface area contributed by atoms with Crippen molar-refractivity contribution in [3.63, 3.8) is 0 Å². The summed E-state index contributed by atoms with van der Waals surface area (Å²) < 4.78 is 0. The first-order valence-corrected chi connectivity index (χ1v) is 2.00. The van der Waals surface area contributed by atoms with E-state index in [4.69, 9.17) is 0 Å². The van der Waals surface area contributed by atoms with Gasteiger partial charge < -0.3 is 0 Å². The summed E-state index contributed by atoms with van der Waals surface area (Å²) in [6.07, 6.45) is 0. The van der Waals surface area contributed by atoms with Gasteiger partial charge in [0, 0.05) is 0 Å². The SMILES string of the molecule is [CaH2].b1ccccc1. The Kier molecular flexibility index (Phi) is 5.29. The second kappa shape index (κ2) is 4.82. The third-order valence-corrected chi connectivity index (χ3v) is 0.667. The molecule has 0 aliphatic heterocycles. The van der Waals surface area contributed by atoms with Gasteiger partial charge in [-0.1, -0.05) is 0 Å². The molecular formula is C5H7BCa. The summed E-state index contributed by atoms with van der Waals surface area (Å²) in [4.78, 5) is 0. The first-order chi connectivity index (χ1) is 3.00. The summed E-state index contributed by atoms with van der Waals surface area (Å²) in [5, 5.41) is 0. The minimum absolute atomic E-state index is 0. The van der Waals surface area contributed by atoms with Gasteiger partial charge in [-0.05, 0) is 0 Å². The van der Waals surface area contributed by atoms with Crippen molar-refractivity contribution in [3.05, 3.63) is 30.1 Å². The molecule has 0 aromatic carbocycles. The van der Waals surface area contributed by atoms with E-state index in [1.165, 1.54) is 0 Å². The Labute approximate surface area is 74.1 Å². The van der Waals surface area contributed by atoms with Gasteiger partial charge in [-0.25, -0.2) is 0 Å². The Balaban J connectivity index is 0.000000360. The Morgan fingerprint density at radius 1 is 0.857 bits per heavy atom. The van der Waals surface area contributed by atoms with E-state index >= 15 is 0 Å². The number of rotatable bonds is 0. The van der Waals surface area contributed by atoms with Crippen molar-refractivity contribution in [1.82, 2.24) is 0 Å². The monoisotopic (exact) mass is 118 g/mol. The van der Waals surface area contributed by atoms with Crippen molar-refractivity contribution >= 4 is 44.6 Å². The van der Waals surface area contributed by atoms with Crippen LogP contribution in [0.1, 0.15) is 0 Å². The molecule has 0 aliphatic rings. The van der Waals surface area contributed by atoms with Crippen molar-refractivity contribution in [2.75, 3.05) is 0 Å². The standard InChI is InChI=1S/C5H5B.Ca.2H/c1-2-4-6-5-3-1;;;/h1-5H;;;. The van der Waals surface area contributed by atoms with E-state index in [9.17, 15) is 0 Å². The molecular weight excluding hydrogens is 111 g/mol. The molecule has 0 spiro atoms. The fourth-order valence-electron chi connectivity index (χ4n) is 0.385. The summed E-state index contributed by atoms with van der Waals surface area (Å²) in [6.45, 7) is 2.00. The molecule has 0 atom stereocenters. The van der Waals surface area contributed by atoms with Gasteiger partial charge in [-0.2, -0.15) is 0 Å². The van der Waals surface area contributed by atoms with E-state index in [-0.39, 0.29) is 37.7 Å². The molecule has 0 saturated heterocycles. The van der Waals surface area contributed by atoms with Crippen molar-refractivity contribution < 1.29 is 0 Å². The molecule has 0 bridgehead atoms. The van der Waals surface area contributed by atoms with Crippen LogP contribution in [0, 0.1) is 0 Å². The van der Waals surface area contributed by atoms with Crippen LogP contribution in [0.5, 0.6) is 0 Å². The molecule has 32 valence electrons. The normalized spacial score (nSPS) is 6.29. The van der Waals surface area contributed by atoms with E-state index in [2.05, 4.69) is 0 Å². The van der Waals surface area contributed by atoms with Gasteiger partial charge in [0.1, 0.15) is 0 Å². The van der Waals surface area contributed by atoms with Crippen LogP contribution in [0.15, 0.2) is 30.1 Å². The second-order valence-electron chi connectivity index (χ2n) is 1.15. The van der Waals surface area contributed by atoms with Crippen LogP contribution >= 0.6 is 0 Å². The zero-order valence-electron chi connectivity index (χ0n) is 3.46. The van der Waals surface area contributed by atoms with Crippen molar-refractivity contribution in [2.24, 2.45) is 0 Å². The van der Waals surface area contributed by atoms with E-state index in [1.807, 2.05) is 37.0 Å². The predicted molar refractivity (Wildman–Crippen MR) is 36.3 cm³/mol. The van der Waals surface area contributed by atoms with Crippen LogP contribution in [-0.2, 0) is 0 Å². The van der Waals surface area contributed by atoms with Gasteiger partial charge in [0.15, 0.2) is 0 Å². The van der Waals surface area contributed by atoms with Crippen molar-refractivity contribution in [2.45, 2.75) is 0 Å². The maximum absolute atomic E-state index is 2.00. The Morgan fingerprint density at radius 2 is 1.43 bits per heavy atom. The Morgan fingerprint density at radius 3 is 1.57 bits per heavy atom. The van der Waals surface area contributed by atoms with Crippen LogP contribution in [-0.4, -0.2) is 44.6 Å². The van der Waals surface area contributed by atoms with Gasteiger partial charge in [0.05, 0.1) is 0 Å². The minimum atomic E-state index is 0. The number of hydrogen-bond acceptors (Lipinski definition) is 0. The molecule has 0 amide bonds. The van der Waals surface area contributed by atoms with Gasteiger partial charge in [0.25, 0.3) is 0 Å². The molecule has 1 rings (SSSR count). The van der Waals surface area contributed by atoms with Crippen LogP contribution in [0.25, 0.3) is 0 Å². The predicted octanol–water partition coefficient (Wildman–Crippen LogP) is 0.109. The molecule has 0 nitrogen and oxygen atoms in total. The topological polar surface area (TPSA) is 0 Å². The molecule has 0 unspecified atom stereocenters. The average Bonchev–Trinajstić information content (AvgIpc) is 1.72. The van der Waals surface area contributed by atoms with Crippen LogP contribution in [0.3, 0.4) is 0 Å². The summed E-state index contributed by atoms with van der Waals surface area (Å²) >= 11 is 0. The Bertz CT molecular complexity index is 80.0. The summed E-state index contributed by atoms with van der Waals surface area (Å²) in [7, 11) is 0. The first-order valence-electron chi connectivity index (χ1n) is 2.00. The van der Waals surface area contributed by atoms with Crippen LogP contribution in [0.4, 0.5) is 0 Å². The van der Waals surface area contributed by atoms with Crippen molar-refractivity contribution in [3.8, 4) is 0 Å². The number of hydrogen-bond donors (Lipinski definition) is 0. The zero-order chi connectivity index (χ0) is 4.24. The van der Waals surface area contributed by atoms with Gasteiger partial charge in [0.2, 0.25) is 0 Å². The zero-order valence-corrected chi connectivity index (χ0v) is 3.46. The molecule has 0 N–H and O–H groups in total. The quantitative estimate of drug-likeness (QED) is 0.424. The first kappa shape index (κ1) is 7.67. The van der Waals surface area contributed by atoms with Crippen LogP contribution < -0.4 is 0 Å². The Hall–Kier alpha value is 0.675. The fourth-order valence-corrected chi connectivity index (χ4v) is 0.385. The molecule has 0 radical (unpaired) electrons. The fraction of sp³-hybridized carbons (Fsp3) is 0. The average molecular weight is 118 g/mol. The molecule has 0 saturated carbocycles. The molecule has 0 aliphatic carbocycles.